The Morgan fingerprint density at radius 1 is 0.852 bits per heavy atom. The molecule has 5 heteroatoms. The first-order chi connectivity index (χ1) is 13.1. The number of hydrogen-bond donors (Lipinski definition) is 0. The van der Waals surface area contributed by atoms with E-state index < -0.39 is 0 Å². The zero-order valence-corrected chi connectivity index (χ0v) is 15.6. The molecule has 3 fully saturated rings. The van der Waals surface area contributed by atoms with Gasteiger partial charge in [0, 0.05) is 13.1 Å². The highest BCUT2D eigenvalue weighted by Crippen LogP contribution is 2.49. The number of anilines is 1. The van der Waals surface area contributed by atoms with Gasteiger partial charge < -0.3 is 0 Å². The predicted molar refractivity (Wildman–Crippen MR) is 103 cm³/mol. The third kappa shape index (κ3) is 2.32. The van der Waals surface area contributed by atoms with Gasteiger partial charge in [-0.1, -0.05) is 42.5 Å². The number of imide groups is 1. The van der Waals surface area contributed by atoms with Crippen LogP contribution in [0.2, 0.25) is 0 Å². The summed E-state index contributed by atoms with van der Waals surface area (Å²) < 4.78 is 0. The number of amides is 2. The summed E-state index contributed by atoms with van der Waals surface area (Å²) in [5.41, 5.74) is 3.85. The zero-order chi connectivity index (χ0) is 18.7. The summed E-state index contributed by atoms with van der Waals surface area (Å²) in [7, 11) is 0. The van der Waals surface area contributed by atoms with E-state index in [4.69, 9.17) is 0 Å². The van der Waals surface area contributed by atoms with Gasteiger partial charge in [-0.15, -0.1) is 0 Å². The van der Waals surface area contributed by atoms with E-state index in [9.17, 15) is 9.59 Å². The molecule has 0 bridgehead atoms. The first-order valence-electron chi connectivity index (χ1n) is 9.61. The fourth-order valence-corrected chi connectivity index (χ4v) is 4.96. The van der Waals surface area contributed by atoms with Gasteiger partial charge in [0.05, 0.1) is 17.6 Å². The molecule has 3 atom stereocenters. The average Bonchev–Trinajstić information content (AvgIpc) is 3.31. The van der Waals surface area contributed by atoms with E-state index in [1.165, 1.54) is 4.90 Å². The van der Waals surface area contributed by atoms with Crippen LogP contribution in [0.25, 0.3) is 0 Å². The highest BCUT2D eigenvalue weighted by Gasteiger charge is 2.62. The van der Waals surface area contributed by atoms with E-state index in [-0.39, 0.29) is 29.8 Å². The molecular weight excluding hydrogens is 338 g/mol. The Morgan fingerprint density at radius 2 is 1.56 bits per heavy atom. The van der Waals surface area contributed by atoms with Crippen molar-refractivity contribution in [3.8, 4) is 0 Å². The van der Waals surface area contributed by atoms with Crippen LogP contribution in [0, 0.1) is 19.8 Å². The lowest BCUT2D eigenvalue weighted by atomic mass is 9.90. The second-order valence-electron chi connectivity index (χ2n) is 7.81. The number of rotatable bonds is 2. The Hall–Kier alpha value is -2.50. The molecule has 2 aromatic carbocycles. The molecule has 3 aliphatic heterocycles. The maximum Gasteiger partial charge on any atom is 0.253 e. The molecule has 2 aromatic rings. The fourth-order valence-electron chi connectivity index (χ4n) is 4.96. The lowest BCUT2D eigenvalue weighted by Crippen LogP contribution is -2.44. The van der Waals surface area contributed by atoms with Crippen LogP contribution in [0.3, 0.4) is 0 Å². The molecule has 5 rings (SSSR count). The summed E-state index contributed by atoms with van der Waals surface area (Å²) >= 11 is 0. The molecule has 138 valence electrons. The lowest BCUT2D eigenvalue weighted by Gasteiger charge is -2.30. The molecule has 5 nitrogen and oxygen atoms in total. The molecule has 3 saturated heterocycles. The van der Waals surface area contributed by atoms with Gasteiger partial charge in [0.1, 0.15) is 6.04 Å². The second kappa shape index (κ2) is 6.01. The minimum Gasteiger partial charge on any atom is -0.274 e. The molecule has 0 aromatic heterocycles. The summed E-state index contributed by atoms with van der Waals surface area (Å²) in [5, 5.41) is 4.40. The Kier molecular flexibility index (Phi) is 3.71. The molecule has 0 unspecified atom stereocenters. The van der Waals surface area contributed by atoms with Gasteiger partial charge in [0.2, 0.25) is 5.91 Å². The van der Waals surface area contributed by atoms with Crippen LogP contribution in [0.15, 0.2) is 48.5 Å². The smallest absolute Gasteiger partial charge is 0.253 e. The number of carbonyl (C=O) groups is 2. The highest BCUT2D eigenvalue weighted by atomic mass is 16.2. The maximum absolute atomic E-state index is 13.5. The van der Waals surface area contributed by atoms with E-state index in [1.54, 1.807) is 0 Å². The lowest BCUT2D eigenvalue weighted by molar-refractivity contribution is -0.126. The van der Waals surface area contributed by atoms with Gasteiger partial charge >= 0.3 is 0 Å². The average molecular weight is 361 g/mol. The third-order valence-corrected chi connectivity index (χ3v) is 6.15. The van der Waals surface area contributed by atoms with Crippen LogP contribution in [-0.2, 0) is 9.59 Å². The minimum absolute atomic E-state index is 0.0646. The van der Waals surface area contributed by atoms with E-state index in [0.29, 0.717) is 0 Å². The predicted octanol–water partition coefficient (Wildman–Crippen LogP) is 2.84. The van der Waals surface area contributed by atoms with Crippen LogP contribution in [0.5, 0.6) is 0 Å². The summed E-state index contributed by atoms with van der Waals surface area (Å²) in [6, 6.07) is 15.6. The molecule has 0 spiro atoms. The molecule has 27 heavy (non-hydrogen) atoms. The Balaban J connectivity index is 1.61. The quantitative estimate of drug-likeness (QED) is 0.772. The number of carbonyl (C=O) groups excluding carboxylic acids is 2. The monoisotopic (exact) mass is 361 g/mol. The molecule has 3 aliphatic rings. The van der Waals surface area contributed by atoms with Gasteiger partial charge in [-0.2, -0.15) is 0 Å². The second-order valence-corrected chi connectivity index (χ2v) is 7.81. The first kappa shape index (κ1) is 16.7. The van der Waals surface area contributed by atoms with Crippen molar-refractivity contribution in [2.45, 2.75) is 32.4 Å². The third-order valence-electron chi connectivity index (χ3n) is 6.15. The van der Waals surface area contributed by atoms with Crippen molar-refractivity contribution < 1.29 is 9.59 Å². The van der Waals surface area contributed by atoms with Crippen molar-refractivity contribution in [2.75, 3.05) is 18.0 Å². The standard InChI is InChI=1S/C22H23N3O2/c1-14-9-10-15(2)17(13-14)25-21(26)18-19(16-7-4-3-5-8-16)23-11-6-12-24(23)20(18)22(25)27/h3-5,7-10,13,18-20H,6,11-12H2,1-2H3/t18-,19+,20+/m0/s1. The van der Waals surface area contributed by atoms with Crippen molar-refractivity contribution in [2.24, 2.45) is 5.92 Å². The van der Waals surface area contributed by atoms with Crippen molar-refractivity contribution in [3.63, 3.8) is 0 Å². The molecule has 3 heterocycles. The highest BCUT2D eigenvalue weighted by molar-refractivity contribution is 6.24. The van der Waals surface area contributed by atoms with Crippen LogP contribution < -0.4 is 4.90 Å². The fraction of sp³-hybridized carbons (Fsp3) is 0.364. The maximum atomic E-state index is 13.5. The topological polar surface area (TPSA) is 43.9 Å². The number of fused-ring (bicyclic) bond motifs is 3. The van der Waals surface area contributed by atoms with Crippen molar-refractivity contribution >= 4 is 17.5 Å². The molecule has 0 N–H and O–H groups in total. The SMILES string of the molecule is Cc1ccc(C)c(N2C(=O)[C@H]3[C@@H](c4ccccc4)N4CCCN4[C@H]3C2=O)c1. The van der Waals surface area contributed by atoms with E-state index >= 15 is 0 Å². The van der Waals surface area contributed by atoms with Gasteiger partial charge in [0.25, 0.3) is 5.91 Å². The van der Waals surface area contributed by atoms with Gasteiger partial charge in [-0.3, -0.25) is 9.59 Å². The number of hydrazine groups is 1. The number of hydrogen-bond acceptors (Lipinski definition) is 4. The van der Waals surface area contributed by atoms with E-state index in [1.807, 2.05) is 50.2 Å². The van der Waals surface area contributed by atoms with Gasteiger partial charge in [0.15, 0.2) is 0 Å². The molecule has 0 aliphatic carbocycles. The van der Waals surface area contributed by atoms with Crippen LogP contribution in [0.1, 0.15) is 29.2 Å². The van der Waals surface area contributed by atoms with Crippen LogP contribution in [0.4, 0.5) is 5.69 Å². The Morgan fingerprint density at radius 3 is 2.30 bits per heavy atom. The van der Waals surface area contributed by atoms with Crippen LogP contribution >= 0.6 is 0 Å². The van der Waals surface area contributed by atoms with Gasteiger partial charge in [-0.25, -0.2) is 14.9 Å². The number of nitrogens with zero attached hydrogens (tertiary/aromatic N) is 3. The van der Waals surface area contributed by atoms with Crippen molar-refractivity contribution in [1.82, 2.24) is 10.0 Å². The number of aryl methyl sites for hydroxylation is 2. The summed E-state index contributed by atoms with van der Waals surface area (Å²) in [6.45, 7) is 5.69. The summed E-state index contributed by atoms with van der Waals surface area (Å²) in [4.78, 5) is 28.4. The Bertz CT molecular complexity index is 926. The first-order valence-corrected chi connectivity index (χ1v) is 9.61. The molecule has 0 saturated carbocycles. The van der Waals surface area contributed by atoms with Crippen molar-refractivity contribution in [1.29, 1.82) is 0 Å². The van der Waals surface area contributed by atoms with Crippen LogP contribution in [-0.4, -0.2) is 41.0 Å². The van der Waals surface area contributed by atoms with E-state index in [0.717, 1.165) is 41.9 Å². The minimum atomic E-state index is -0.384. The van der Waals surface area contributed by atoms with E-state index in [2.05, 4.69) is 22.2 Å². The molecule has 0 radical (unpaired) electrons. The zero-order valence-electron chi connectivity index (χ0n) is 15.6. The molecule has 2 amide bonds. The normalized spacial score (nSPS) is 28.1. The summed E-state index contributed by atoms with van der Waals surface area (Å²) in [6.07, 6.45) is 1.03. The largest absolute Gasteiger partial charge is 0.274 e. The summed E-state index contributed by atoms with van der Waals surface area (Å²) in [5.74, 6) is -0.494. The van der Waals surface area contributed by atoms with Gasteiger partial charge in [-0.05, 0) is 43.0 Å². The molecular formula is C22H23N3O2. The number of benzene rings is 2. The van der Waals surface area contributed by atoms with Crippen molar-refractivity contribution in [3.05, 3.63) is 65.2 Å². The Labute approximate surface area is 159 Å².